The van der Waals surface area contributed by atoms with Gasteiger partial charge in [0.05, 0.1) is 6.10 Å². The molecule has 0 aromatic heterocycles. The molecule has 1 aromatic carbocycles. The Morgan fingerprint density at radius 1 is 1.11 bits per heavy atom. The smallest absolute Gasteiger partial charge is 0.0628 e. The molecule has 0 fully saturated rings. The molecule has 0 saturated heterocycles. The Morgan fingerprint density at radius 2 is 1.67 bits per heavy atom. The minimum atomic E-state index is -0.299. The molecule has 0 spiro atoms. The van der Waals surface area contributed by atoms with Gasteiger partial charge < -0.3 is 10.8 Å². The third-order valence-electron chi connectivity index (χ3n) is 3.39. The molecular formula is C15H25NOS. The quantitative estimate of drug-likeness (QED) is 0.832. The number of aliphatic hydroxyl groups excluding tert-OH is 1. The van der Waals surface area contributed by atoms with Crippen molar-refractivity contribution in [1.82, 2.24) is 0 Å². The van der Waals surface area contributed by atoms with Crippen LogP contribution in [0, 0.1) is 0 Å². The molecule has 102 valence electrons. The second-order valence-electron chi connectivity index (χ2n) is 4.91. The number of rotatable bonds is 6. The summed E-state index contributed by atoms with van der Waals surface area (Å²) >= 11 is 1.75. The van der Waals surface area contributed by atoms with Crippen molar-refractivity contribution in [3.05, 3.63) is 35.4 Å². The Labute approximate surface area is 115 Å². The Balaban J connectivity index is 2.64. The van der Waals surface area contributed by atoms with Gasteiger partial charge in [-0.15, -0.1) is 0 Å². The van der Waals surface area contributed by atoms with E-state index in [9.17, 15) is 5.11 Å². The summed E-state index contributed by atoms with van der Waals surface area (Å²) in [4.78, 5) is 0. The van der Waals surface area contributed by atoms with E-state index in [0.29, 0.717) is 5.25 Å². The zero-order valence-electron chi connectivity index (χ0n) is 11.8. The van der Waals surface area contributed by atoms with Crippen molar-refractivity contribution in [3.8, 4) is 0 Å². The number of nitrogens with two attached hydrogens (primary N) is 1. The second kappa shape index (κ2) is 7.17. The van der Waals surface area contributed by atoms with E-state index in [1.807, 2.05) is 13.8 Å². The highest BCUT2D eigenvalue weighted by Gasteiger charge is 2.20. The van der Waals surface area contributed by atoms with Gasteiger partial charge in [-0.25, -0.2) is 0 Å². The van der Waals surface area contributed by atoms with Gasteiger partial charge >= 0.3 is 0 Å². The Bertz CT molecular complexity index is 350. The van der Waals surface area contributed by atoms with Crippen molar-refractivity contribution in [3.63, 3.8) is 0 Å². The van der Waals surface area contributed by atoms with Crippen molar-refractivity contribution in [2.75, 3.05) is 0 Å². The average molecular weight is 267 g/mol. The monoisotopic (exact) mass is 267 g/mol. The molecule has 0 aliphatic rings. The molecule has 0 aliphatic carbocycles. The van der Waals surface area contributed by atoms with Crippen LogP contribution in [-0.2, 0) is 6.42 Å². The van der Waals surface area contributed by atoms with Crippen LogP contribution in [0.25, 0.3) is 0 Å². The van der Waals surface area contributed by atoms with E-state index < -0.39 is 0 Å². The summed E-state index contributed by atoms with van der Waals surface area (Å²) in [5.74, 6) is 0. The summed E-state index contributed by atoms with van der Waals surface area (Å²) in [7, 11) is 0. The minimum Gasteiger partial charge on any atom is -0.392 e. The third-order valence-corrected chi connectivity index (χ3v) is 4.93. The van der Waals surface area contributed by atoms with Crippen molar-refractivity contribution >= 4 is 11.8 Å². The fourth-order valence-corrected chi connectivity index (χ4v) is 3.01. The fraction of sp³-hybridized carbons (Fsp3) is 0.600. The van der Waals surface area contributed by atoms with Crippen LogP contribution in [0.15, 0.2) is 24.3 Å². The van der Waals surface area contributed by atoms with E-state index in [4.69, 9.17) is 5.73 Å². The van der Waals surface area contributed by atoms with E-state index >= 15 is 0 Å². The molecular weight excluding hydrogens is 242 g/mol. The molecule has 0 saturated carbocycles. The van der Waals surface area contributed by atoms with Gasteiger partial charge in [-0.2, -0.15) is 11.8 Å². The van der Waals surface area contributed by atoms with Crippen LogP contribution in [0.5, 0.6) is 0 Å². The molecule has 1 rings (SSSR count). The summed E-state index contributed by atoms with van der Waals surface area (Å²) < 4.78 is 0. The van der Waals surface area contributed by atoms with Gasteiger partial charge in [-0.1, -0.05) is 45.0 Å². The van der Waals surface area contributed by atoms with Crippen LogP contribution in [0.3, 0.4) is 0 Å². The van der Waals surface area contributed by atoms with Gasteiger partial charge in [-0.3, -0.25) is 0 Å². The molecule has 0 bridgehead atoms. The first-order valence-corrected chi connectivity index (χ1v) is 7.58. The Kier molecular flexibility index (Phi) is 6.19. The van der Waals surface area contributed by atoms with Crippen molar-refractivity contribution in [2.24, 2.45) is 5.73 Å². The number of thioether (sulfide) groups is 1. The molecule has 0 radical (unpaired) electrons. The molecule has 0 amide bonds. The van der Waals surface area contributed by atoms with Crippen LogP contribution < -0.4 is 5.73 Å². The van der Waals surface area contributed by atoms with E-state index in [1.54, 1.807) is 11.8 Å². The largest absolute Gasteiger partial charge is 0.392 e. The van der Waals surface area contributed by atoms with Crippen molar-refractivity contribution < 1.29 is 5.11 Å². The number of hydrogen-bond acceptors (Lipinski definition) is 3. The SMILES string of the molecule is CCc1ccc(C(N)C(C)SC(C)C(C)O)cc1. The van der Waals surface area contributed by atoms with Crippen molar-refractivity contribution in [1.29, 1.82) is 0 Å². The molecule has 4 atom stereocenters. The molecule has 2 nitrogen and oxygen atoms in total. The summed E-state index contributed by atoms with van der Waals surface area (Å²) in [6.45, 7) is 8.14. The first-order valence-electron chi connectivity index (χ1n) is 6.63. The molecule has 18 heavy (non-hydrogen) atoms. The first-order chi connectivity index (χ1) is 8.45. The van der Waals surface area contributed by atoms with E-state index in [2.05, 4.69) is 38.1 Å². The van der Waals surface area contributed by atoms with E-state index in [-0.39, 0.29) is 17.4 Å². The predicted octanol–water partition coefficient (Wildman–Crippen LogP) is 3.14. The highest BCUT2D eigenvalue weighted by atomic mass is 32.2. The normalized spacial score (nSPS) is 18.1. The second-order valence-corrected chi connectivity index (χ2v) is 6.67. The summed E-state index contributed by atoms with van der Waals surface area (Å²) in [6, 6.07) is 8.54. The van der Waals surface area contributed by atoms with Gasteiger partial charge in [0.15, 0.2) is 0 Å². The summed E-state index contributed by atoms with van der Waals surface area (Å²) in [5, 5.41) is 10.0. The number of hydrogen-bond donors (Lipinski definition) is 2. The fourth-order valence-electron chi connectivity index (χ4n) is 1.78. The highest BCUT2D eigenvalue weighted by molar-refractivity contribution is 8.00. The lowest BCUT2D eigenvalue weighted by molar-refractivity contribution is 0.196. The lowest BCUT2D eigenvalue weighted by Crippen LogP contribution is -2.26. The first kappa shape index (κ1) is 15.5. The van der Waals surface area contributed by atoms with Gasteiger partial charge in [0.25, 0.3) is 0 Å². The van der Waals surface area contributed by atoms with E-state index in [0.717, 1.165) is 6.42 Å². The molecule has 0 heterocycles. The number of aryl methyl sites for hydroxylation is 1. The maximum atomic E-state index is 9.53. The zero-order chi connectivity index (χ0) is 13.7. The standard InChI is InChI=1S/C15H25NOS/c1-5-13-6-8-14(9-7-13)15(16)12(4)18-11(3)10(2)17/h6-12,15,17H,5,16H2,1-4H3. The Hall–Kier alpha value is -0.510. The van der Waals surface area contributed by atoms with Crippen LogP contribution >= 0.6 is 11.8 Å². The maximum Gasteiger partial charge on any atom is 0.0628 e. The van der Waals surface area contributed by atoms with Crippen LogP contribution in [0.2, 0.25) is 0 Å². The summed E-state index contributed by atoms with van der Waals surface area (Å²) in [6.07, 6.45) is 0.755. The molecule has 3 heteroatoms. The highest BCUT2D eigenvalue weighted by Crippen LogP contribution is 2.29. The number of benzene rings is 1. The molecule has 3 N–H and O–H groups in total. The van der Waals surface area contributed by atoms with Crippen molar-refractivity contribution in [2.45, 2.75) is 56.8 Å². The topological polar surface area (TPSA) is 46.2 Å². The summed E-state index contributed by atoms with van der Waals surface area (Å²) in [5.41, 5.74) is 8.78. The zero-order valence-corrected chi connectivity index (χ0v) is 12.6. The van der Waals surface area contributed by atoms with E-state index in [1.165, 1.54) is 11.1 Å². The minimum absolute atomic E-state index is 0.0158. The van der Waals surface area contributed by atoms with Crippen LogP contribution in [0.4, 0.5) is 0 Å². The maximum absolute atomic E-state index is 9.53. The number of aliphatic hydroxyl groups is 1. The molecule has 4 unspecified atom stereocenters. The lowest BCUT2D eigenvalue weighted by atomic mass is 10.0. The molecule has 0 aliphatic heterocycles. The molecule has 1 aromatic rings. The van der Waals surface area contributed by atoms with Gasteiger partial charge in [-0.05, 0) is 24.5 Å². The Morgan fingerprint density at radius 3 is 2.11 bits per heavy atom. The van der Waals surface area contributed by atoms with Crippen LogP contribution in [0.1, 0.15) is 44.9 Å². The van der Waals surface area contributed by atoms with Gasteiger partial charge in [0.1, 0.15) is 0 Å². The lowest BCUT2D eigenvalue weighted by Gasteiger charge is -2.24. The predicted molar refractivity (Wildman–Crippen MR) is 80.9 cm³/mol. The van der Waals surface area contributed by atoms with Gasteiger partial charge in [0, 0.05) is 16.5 Å². The third kappa shape index (κ3) is 4.30. The van der Waals surface area contributed by atoms with Crippen LogP contribution in [-0.4, -0.2) is 21.7 Å². The average Bonchev–Trinajstić information content (AvgIpc) is 2.37. The van der Waals surface area contributed by atoms with Gasteiger partial charge in [0.2, 0.25) is 0 Å².